The van der Waals surface area contributed by atoms with Crippen molar-refractivity contribution in [3.05, 3.63) is 71.8 Å². The molecule has 0 fully saturated rings. The number of carbonyl (C=O) groups is 1. The predicted molar refractivity (Wildman–Crippen MR) is 70.4 cm³/mol. The Labute approximate surface area is 100 Å². The third-order valence-electron chi connectivity index (χ3n) is 3.19. The zero-order valence-corrected chi connectivity index (χ0v) is 9.34. The molecule has 1 aliphatic rings. The first kappa shape index (κ1) is 10.0. The second-order valence-corrected chi connectivity index (χ2v) is 4.24. The number of benzene rings is 2. The molecule has 0 spiro atoms. The second kappa shape index (κ2) is 4.02. The minimum absolute atomic E-state index is 0.236. The quantitative estimate of drug-likeness (QED) is 0.702. The summed E-state index contributed by atoms with van der Waals surface area (Å²) in [5, 5.41) is 2.30. The van der Waals surface area contributed by atoms with Gasteiger partial charge in [0.1, 0.15) is 6.29 Å². The van der Waals surface area contributed by atoms with Crippen LogP contribution in [-0.4, -0.2) is 6.29 Å². The molecular weight excluding hydrogens is 208 g/mol. The van der Waals surface area contributed by atoms with Crippen molar-refractivity contribution >= 4 is 17.1 Å². The van der Waals surface area contributed by atoms with Crippen molar-refractivity contribution in [1.82, 2.24) is 0 Å². The van der Waals surface area contributed by atoms with Gasteiger partial charge in [-0.2, -0.15) is 0 Å². The number of fused-ring (bicyclic) bond motifs is 1. The third-order valence-corrected chi connectivity index (χ3v) is 3.19. The Morgan fingerprint density at radius 1 is 0.941 bits per heavy atom. The smallest absolute Gasteiger partial charge is 0.150 e. The van der Waals surface area contributed by atoms with E-state index in [1.54, 1.807) is 0 Å². The maximum absolute atomic E-state index is 11.2. The monoisotopic (exact) mass is 220 g/mol. The molecule has 3 rings (SSSR count). The Balaban J connectivity index is 2.25. The second-order valence-electron chi connectivity index (χ2n) is 4.24. The molecule has 0 saturated carbocycles. The zero-order chi connectivity index (χ0) is 11.7. The van der Waals surface area contributed by atoms with Gasteiger partial charge in [-0.1, -0.05) is 48.6 Å². The lowest BCUT2D eigenvalue weighted by molar-refractivity contribution is 0.112. The molecule has 0 saturated heterocycles. The molecule has 0 atom stereocenters. The number of hydrogen-bond acceptors (Lipinski definition) is 1. The van der Waals surface area contributed by atoms with Crippen molar-refractivity contribution in [1.29, 1.82) is 0 Å². The molecule has 0 amide bonds. The van der Waals surface area contributed by atoms with Crippen LogP contribution in [0.1, 0.15) is 21.8 Å². The molecule has 0 N–H and O–H groups in total. The van der Waals surface area contributed by atoms with Crippen LogP contribution in [0.2, 0.25) is 0 Å². The molecule has 17 heavy (non-hydrogen) atoms. The third kappa shape index (κ3) is 1.70. The topological polar surface area (TPSA) is 17.1 Å². The number of allylic oxidation sites excluding steroid dienone is 4. The van der Waals surface area contributed by atoms with Gasteiger partial charge in [0.25, 0.3) is 0 Å². The molecule has 0 heterocycles. The average molecular weight is 220 g/mol. The molecule has 1 aliphatic carbocycles. The zero-order valence-electron chi connectivity index (χ0n) is 9.34. The maximum atomic E-state index is 11.2. The molecule has 0 aliphatic heterocycles. The number of hydrogen-bond donors (Lipinski definition) is 0. The van der Waals surface area contributed by atoms with Gasteiger partial charge < -0.3 is 0 Å². The highest BCUT2D eigenvalue weighted by atomic mass is 16.1. The number of aldehydes is 1. The molecule has 1 heteroatoms. The molecule has 0 aromatic heterocycles. The fourth-order valence-electron chi connectivity index (χ4n) is 2.31. The van der Waals surface area contributed by atoms with Gasteiger partial charge in [0.05, 0.1) is 0 Å². The fourth-order valence-corrected chi connectivity index (χ4v) is 2.31. The van der Waals surface area contributed by atoms with Crippen LogP contribution >= 0.6 is 0 Å². The Morgan fingerprint density at radius 3 is 2.24 bits per heavy atom. The van der Waals surface area contributed by atoms with E-state index in [0.29, 0.717) is 0 Å². The SMILES string of the molecule is O=Cc1cc2ccccc2cc1C1C=CC=C1. The van der Waals surface area contributed by atoms with Crippen molar-refractivity contribution in [3.63, 3.8) is 0 Å². The van der Waals surface area contributed by atoms with E-state index in [1.807, 2.05) is 36.4 Å². The number of rotatable bonds is 2. The van der Waals surface area contributed by atoms with Crippen LogP contribution in [0.4, 0.5) is 0 Å². The fraction of sp³-hybridized carbons (Fsp3) is 0.0625. The first-order chi connectivity index (χ1) is 8.38. The molecule has 1 nitrogen and oxygen atoms in total. The van der Waals surface area contributed by atoms with Crippen LogP contribution in [-0.2, 0) is 0 Å². The van der Waals surface area contributed by atoms with Gasteiger partial charge in [-0.15, -0.1) is 0 Å². The van der Waals surface area contributed by atoms with Crippen LogP contribution < -0.4 is 0 Å². The summed E-state index contributed by atoms with van der Waals surface area (Å²) >= 11 is 0. The Hall–Kier alpha value is -2.15. The molecular formula is C16H12O. The van der Waals surface area contributed by atoms with Gasteiger partial charge in [-0.05, 0) is 28.5 Å². The number of carbonyl (C=O) groups excluding carboxylic acids is 1. The summed E-state index contributed by atoms with van der Waals surface area (Å²) in [6.45, 7) is 0. The standard InChI is InChI=1S/C16H12O/c17-11-15-9-13-7-3-4-8-14(13)10-16(15)12-5-1-2-6-12/h1-12H. The van der Waals surface area contributed by atoms with Crippen LogP contribution in [0.3, 0.4) is 0 Å². The Bertz CT molecular complexity index is 623. The lowest BCUT2D eigenvalue weighted by Gasteiger charge is -2.11. The average Bonchev–Trinajstić information content (AvgIpc) is 2.91. The van der Waals surface area contributed by atoms with E-state index < -0.39 is 0 Å². The van der Waals surface area contributed by atoms with Crippen molar-refractivity contribution in [2.75, 3.05) is 0 Å². The Kier molecular flexibility index (Phi) is 2.37. The summed E-state index contributed by atoms with van der Waals surface area (Å²) < 4.78 is 0. The maximum Gasteiger partial charge on any atom is 0.150 e. The van der Waals surface area contributed by atoms with Crippen LogP contribution in [0.25, 0.3) is 10.8 Å². The minimum atomic E-state index is 0.236. The van der Waals surface area contributed by atoms with Gasteiger partial charge in [0, 0.05) is 11.5 Å². The van der Waals surface area contributed by atoms with Crippen molar-refractivity contribution < 1.29 is 4.79 Å². The van der Waals surface area contributed by atoms with Gasteiger partial charge in [-0.3, -0.25) is 4.79 Å². The molecule has 2 aromatic carbocycles. The molecule has 0 radical (unpaired) electrons. The first-order valence-corrected chi connectivity index (χ1v) is 5.71. The highest BCUT2D eigenvalue weighted by molar-refractivity contribution is 5.91. The summed E-state index contributed by atoms with van der Waals surface area (Å²) in [6.07, 6.45) is 9.21. The normalized spacial score (nSPS) is 14.6. The van der Waals surface area contributed by atoms with E-state index in [4.69, 9.17) is 0 Å². The van der Waals surface area contributed by atoms with Gasteiger partial charge >= 0.3 is 0 Å². The predicted octanol–water partition coefficient (Wildman–Crippen LogP) is 3.86. The van der Waals surface area contributed by atoms with E-state index >= 15 is 0 Å². The van der Waals surface area contributed by atoms with Crippen LogP contribution in [0, 0.1) is 0 Å². The van der Waals surface area contributed by atoms with E-state index in [2.05, 4.69) is 24.3 Å². The van der Waals surface area contributed by atoms with E-state index in [9.17, 15) is 4.79 Å². The summed E-state index contributed by atoms with van der Waals surface area (Å²) in [7, 11) is 0. The highest BCUT2D eigenvalue weighted by Gasteiger charge is 2.12. The largest absolute Gasteiger partial charge is 0.298 e. The summed E-state index contributed by atoms with van der Waals surface area (Å²) in [5.74, 6) is 0.236. The molecule has 82 valence electrons. The summed E-state index contributed by atoms with van der Waals surface area (Å²) in [4.78, 5) is 11.2. The molecule has 0 unspecified atom stereocenters. The highest BCUT2D eigenvalue weighted by Crippen LogP contribution is 2.29. The van der Waals surface area contributed by atoms with Gasteiger partial charge in [0.15, 0.2) is 0 Å². The lowest BCUT2D eigenvalue weighted by atomic mass is 9.93. The van der Waals surface area contributed by atoms with E-state index in [-0.39, 0.29) is 5.92 Å². The molecule has 2 aromatic rings. The summed E-state index contributed by atoms with van der Waals surface area (Å²) in [5.41, 5.74) is 1.87. The van der Waals surface area contributed by atoms with Crippen molar-refractivity contribution in [2.45, 2.75) is 5.92 Å². The minimum Gasteiger partial charge on any atom is -0.298 e. The van der Waals surface area contributed by atoms with Crippen LogP contribution in [0.15, 0.2) is 60.7 Å². The van der Waals surface area contributed by atoms with Gasteiger partial charge in [-0.25, -0.2) is 0 Å². The Morgan fingerprint density at radius 2 is 1.59 bits per heavy atom. The van der Waals surface area contributed by atoms with Crippen molar-refractivity contribution in [3.8, 4) is 0 Å². The first-order valence-electron chi connectivity index (χ1n) is 5.71. The lowest BCUT2D eigenvalue weighted by Crippen LogP contribution is -1.96. The summed E-state index contributed by atoms with van der Waals surface area (Å²) in [6, 6.07) is 12.2. The van der Waals surface area contributed by atoms with E-state index in [1.165, 1.54) is 5.39 Å². The van der Waals surface area contributed by atoms with E-state index in [0.717, 1.165) is 22.8 Å². The molecule has 0 bridgehead atoms. The van der Waals surface area contributed by atoms with Crippen LogP contribution in [0.5, 0.6) is 0 Å². The van der Waals surface area contributed by atoms with Crippen molar-refractivity contribution in [2.24, 2.45) is 0 Å². The van der Waals surface area contributed by atoms with Gasteiger partial charge in [0.2, 0.25) is 0 Å².